The molecule has 0 unspecified atom stereocenters. The van der Waals surface area contributed by atoms with E-state index in [4.69, 9.17) is 19.5 Å². The van der Waals surface area contributed by atoms with Gasteiger partial charge in [0.15, 0.2) is 11.8 Å². The Morgan fingerprint density at radius 3 is 0.889 bits per heavy atom. The molecule has 2 rings (SSSR count). The monoisotopic (exact) mass is 827 g/mol. The summed E-state index contributed by atoms with van der Waals surface area (Å²) in [5, 5.41) is 0. The van der Waals surface area contributed by atoms with Crippen molar-refractivity contribution in [2.75, 3.05) is 13.2 Å². The molecule has 36 heavy (non-hydrogen) atoms. The van der Waals surface area contributed by atoms with Crippen LogP contribution in [0.15, 0.2) is 9.98 Å². The summed E-state index contributed by atoms with van der Waals surface area (Å²) in [6, 6.07) is 0.402. The van der Waals surface area contributed by atoms with Gasteiger partial charge in [0.1, 0.15) is 18.6 Å². The van der Waals surface area contributed by atoms with Crippen LogP contribution in [0.2, 0.25) is 0 Å². The van der Waals surface area contributed by atoms with E-state index in [1.165, 1.54) is 0 Å². The molecule has 0 aromatic rings. The molecule has 19 heteroatoms. The van der Waals surface area contributed by atoms with Gasteiger partial charge in [-0.05, 0) is 24.7 Å². The molecule has 0 bridgehead atoms. The molecular formula is C17H30CuF12N2O2Sb2. The van der Waals surface area contributed by atoms with E-state index in [-0.39, 0.29) is 45.4 Å². The minimum atomic E-state index is -11.2. The van der Waals surface area contributed by atoms with Gasteiger partial charge in [-0.2, -0.15) is 0 Å². The van der Waals surface area contributed by atoms with Crippen LogP contribution in [0, 0.1) is 16.2 Å². The third-order valence-corrected chi connectivity index (χ3v) is 4.37. The van der Waals surface area contributed by atoms with Crippen LogP contribution in [0.1, 0.15) is 55.4 Å². The second-order valence-corrected chi connectivity index (χ2v) is 21.7. The van der Waals surface area contributed by atoms with Gasteiger partial charge in [0.05, 0.1) is 12.1 Å². The summed E-state index contributed by atoms with van der Waals surface area (Å²) in [6.07, 6.45) is 0. The number of ether oxygens (including phenoxy) is 2. The van der Waals surface area contributed by atoms with Gasteiger partial charge in [0.25, 0.3) is 0 Å². The molecule has 2 atom stereocenters. The van der Waals surface area contributed by atoms with E-state index in [0.29, 0.717) is 13.2 Å². The summed E-state index contributed by atoms with van der Waals surface area (Å²) >= 11 is -22.5. The molecule has 0 amide bonds. The summed E-state index contributed by atoms with van der Waals surface area (Å²) in [5.41, 5.74) is -0.158. The predicted molar refractivity (Wildman–Crippen MR) is 112 cm³/mol. The maximum atomic E-state index is 9.93. The Morgan fingerprint density at radius 2 is 0.750 bits per heavy atom. The van der Waals surface area contributed by atoms with E-state index in [9.17, 15) is 33.8 Å². The molecule has 0 aliphatic carbocycles. The van der Waals surface area contributed by atoms with E-state index in [0.717, 1.165) is 11.8 Å². The van der Waals surface area contributed by atoms with Gasteiger partial charge in [0, 0.05) is 0 Å². The van der Waals surface area contributed by atoms with Gasteiger partial charge in [-0.25, -0.2) is 9.98 Å². The molecule has 2 aliphatic rings. The van der Waals surface area contributed by atoms with Crippen LogP contribution in [0.3, 0.4) is 0 Å². The Morgan fingerprint density at radius 1 is 0.556 bits per heavy atom. The third-order valence-electron chi connectivity index (χ3n) is 4.37. The Hall–Kier alpha value is 0.256. The molecule has 0 saturated heterocycles. The van der Waals surface area contributed by atoms with Crippen LogP contribution in [0.5, 0.6) is 0 Å². The predicted octanol–water partition coefficient (Wildman–Crippen LogP) is 7.98. The Balaban J connectivity index is 0. The van der Waals surface area contributed by atoms with Crippen molar-refractivity contribution in [1.29, 1.82) is 0 Å². The molecule has 4 nitrogen and oxygen atoms in total. The molecule has 0 spiro atoms. The summed E-state index contributed by atoms with van der Waals surface area (Å²) in [6.45, 7) is 18.6. The molecule has 1 radical (unpaired) electrons. The molecule has 2 heterocycles. The zero-order chi connectivity index (χ0) is 28.9. The first kappa shape index (κ1) is 38.4. The summed E-state index contributed by atoms with van der Waals surface area (Å²) in [4.78, 5) is 9.59. The van der Waals surface area contributed by atoms with Gasteiger partial charge in [-0.15, -0.1) is 0 Å². The number of aliphatic imine (C=N–C) groups is 2. The average Bonchev–Trinajstić information content (AvgIpc) is 3.10. The Kier molecular flexibility index (Phi) is 10.1. The van der Waals surface area contributed by atoms with Crippen molar-refractivity contribution in [3.05, 3.63) is 0 Å². The molecule has 0 saturated carbocycles. The third kappa shape index (κ3) is 21.2. The van der Waals surface area contributed by atoms with E-state index in [1.807, 2.05) is 0 Å². The number of halogens is 12. The molecule has 225 valence electrons. The van der Waals surface area contributed by atoms with Crippen molar-refractivity contribution in [3.63, 3.8) is 0 Å². The van der Waals surface area contributed by atoms with E-state index < -0.39 is 39.0 Å². The first-order chi connectivity index (χ1) is 14.3. The van der Waals surface area contributed by atoms with Crippen LogP contribution < -0.4 is 0 Å². The van der Waals surface area contributed by atoms with Gasteiger partial charge >= 0.3 is 89.8 Å². The van der Waals surface area contributed by atoms with Crippen molar-refractivity contribution in [3.8, 4) is 0 Å². The molecular weight excluding hydrogens is 799 g/mol. The second-order valence-electron chi connectivity index (χ2n) is 10.8. The molecule has 0 N–H and O–H groups in total. The number of rotatable bonds is 2. The summed E-state index contributed by atoms with van der Waals surface area (Å²) in [7, 11) is 0. The molecule has 0 aromatic carbocycles. The van der Waals surface area contributed by atoms with Crippen molar-refractivity contribution in [2.45, 2.75) is 67.5 Å². The van der Waals surface area contributed by atoms with Crippen molar-refractivity contribution < 1.29 is 60.3 Å². The van der Waals surface area contributed by atoms with Gasteiger partial charge < -0.3 is 9.47 Å². The molecule has 2 aliphatic heterocycles. The van der Waals surface area contributed by atoms with Gasteiger partial charge in [-0.3, -0.25) is 0 Å². The molecule has 0 aromatic heterocycles. The van der Waals surface area contributed by atoms with Crippen LogP contribution >= 0.6 is 0 Å². The van der Waals surface area contributed by atoms with Gasteiger partial charge in [0.2, 0.25) is 0 Å². The van der Waals surface area contributed by atoms with Crippen LogP contribution in [-0.2, 0) is 26.5 Å². The Bertz CT molecular complexity index is 762. The van der Waals surface area contributed by atoms with Gasteiger partial charge in [-0.1, -0.05) is 41.5 Å². The number of hydrogen-bond donors (Lipinski definition) is 0. The SMILES string of the molecule is CC(C)(C1=N[C@@H](C(C)(C)C)CO1)C1=N[C@@H](C(C)(C)C)CO1.[Cu+2].[F][Sb-]([F])([F])([F])([F])[F].[F][Sb-]([F])([F])([F])([F])[F]. The zero-order valence-corrected chi connectivity index (χ0v) is 26.6. The van der Waals surface area contributed by atoms with E-state index in [1.54, 1.807) is 0 Å². The first-order valence-electron chi connectivity index (χ1n) is 9.87. The van der Waals surface area contributed by atoms with E-state index in [2.05, 4.69) is 55.4 Å². The molecule has 0 fully saturated rings. The van der Waals surface area contributed by atoms with Crippen molar-refractivity contribution in [2.24, 2.45) is 26.2 Å². The van der Waals surface area contributed by atoms with Crippen LogP contribution in [-0.4, -0.2) is 76.0 Å². The number of hydrogen-bond acceptors (Lipinski definition) is 4. The normalized spacial score (nSPS) is 24.8. The van der Waals surface area contributed by atoms with Crippen molar-refractivity contribution in [1.82, 2.24) is 0 Å². The quantitative estimate of drug-likeness (QED) is 0.210. The average molecular weight is 829 g/mol. The van der Waals surface area contributed by atoms with E-state index >= 15 is 0 Å². The number of nitrogens with zero attached hydrogens (tertiary/aromatic N) is 2. The first-order valence-corrected chi connectivity index (χ1v) is 21.4. The summed E-state index contributed by atoms with van der Waals surface area (Å²) < 4.78 is 131. The fourth-order valence-electron chi connectivity index (χ4n) is 2.41. The minimum absolute atomic E-state index is 0. The summed E-state index contributed by atoms with van der Waals surface area (Å²) in [5.74, 6) is 1.52. The van der Waals surface area contributed by atoms with Crippen LogP contribution in [0.25, 0.3) is 0 Å². The fourth-order valence-corrected chi connectivity index (χ4v) is 2.41. The maximum absolute atomic E-state index is 11.2. The second kappa shape index (κ2) is 9.42. The van der Waals surface area contributed by atoms with Crippen molar-refractivity contribution >= 4 is 50.7 Å². The zero-order valence-electron chi connectivity index (χ0n) is 20.5. The topological polar surface area (TPSA) is 43.2 Å². The Labute approximate surface area is 216 Å². The standard InChI is InChI=1S/C17H30N2O2.Cu.12FH.2Sb/c1-15(2,3)11-9-20-13(18-11)17(7,8)14-19-12(10-21-14)16(4,5)6;;;;;;;;;;;;;;;/h11-12H,9-10H2,1-8H3;;12*1H;;/q;+2;;;;;;;;;;;;;2*+5/p-12/t11-,12-;;;;;;;;;;;;;;;/m1.............../s1. The fraction of sp³-hybridized carbons (Fsp3) is 0.882. The van der Waals surface area contributed by atoms with Crippen LogP contribution in [0.4, 0.5) is 33.8 Å².